The molecule has 0 spiro atoms. The van der Waals surface area contributed by atoms with Gasteiger partial charge in [-0.25, -0.2) is 0 Å². The topological polar surface area (TPSA) is 12.0 Å². The molecule has 1 aliphatic rings. The second kappa shape index (κ2) is 5.13. The maximum Gasteiger partial charge on any atom is 0.288 e. The molecule has 94 valence electrons. The molecule has 1 atom stereocenters. The number of benzene rings is 1. The molecule has 0 radical (unpaired) electrons. The summed E-state index contributed by atoms with van der Waals surface area (Å²) in [7, 11) is 0. The Bertz CT molecular complexity index is 353. The number of alkyl halides is 2. The molecular formula is C14H19F2N. The quantitative estimate of drug-likeness (QED) is 0.851. The monoisotopic (exact) mass is 239 g/mol. The van der Waals surface area contributed by atoms with E-state index in [0.717, 1.165) is 24.8 Å². The molecule has 1 aliphatic heterocycles. The van der Waals surface area contributed by atoms with E-state index >= 15 is 0 Å². The summed E-state index contributed by atoms with van der Waals surface area (Å²) in [6.45, 7) is 2.73. The van der Waals surface area contributed by atoms with Gasteiger partial charge in [-0.05, 0) is 31.4 Å². The molecule has 0 amide bonds. The van der Waals surface area contributed by atoms with E-state index in [2.05, 4.69) is 5.32 Å². The van der Waals surface area contributed by atoms with Gasteiger partial charge in [0, 0.05) is 5.56 Å². The van der Waals surface area contributed by atoms with E-state index in [4.69, 9.17) is 0 Å². The minimum absolute atomic E-state index is 0.133. The fraction of sp³-hybridized carbons (Fsp3) is 0.571. The molecule has 2 rings (SSSR count). The summed E-state index contributed by atoms with van der Waals surface area (Å²) in [5.74, 6) is -2.76. The molecule has 1 nitrogen and oxygen atoms in total. The highest BCUT2D eigenvalue weighted by Crippen LogP contribution is 2.35. The lowest BCUT2D eigenvalue weighted by molar-refractivity contribution is -0.0512. The molecule has 1 saturated heterocycles. The van der Waals surface area contributed by atoms with E-state index in [9.17, 15) is 8.78 Å². The molecule has 0 saturated carbocycles. The van der Waals surface area contributed by atoms with Crippen molar-refractivity contribution in [3.8, 4) is 0 Å². The van der Waals surface area contributed by atoms with Crippen molar-refractivity contribution in [3.63, 3.8) is 0 Å². The molecule has 1 aromatic carbocycles. The van der Waals surface area contributed by atoms with Crippen molar-refractivity contribution in [1.29, 1.82) is 0 Å². The fourth-order valence-electron chi connectivity index (χ4n) is 2.33. The van der Waals surface area contributed by atoms with Gasteiger partial charge in [0.1, 0.15) is 0 Å². The van der Waals surface area contributed by atoms with Gasteiger partial charge in [-0.1, -0.05) is 37.6 Å². The third-order valence-electron chi connectivity index (χ3n) is 3.50. The van der Waals surface area contributed by atoms with Crippen LogP contribution in [0.2, 0.25) is 0 Å². The Morgan fingerprint density at radius 3 is 2.47 bits per heavy atom. The van der Waals surface area contributed by atoms with E-state index in [1.165, 1.54) is 0 Å². The number of rotatable bonds is 3. The van der Waals surface area contributed by atoms with E-state index in [1.54, 1.807) is 24.3 Å². The predicted molar refractivity (Wildman–Crippen MR) is 65.4 cm³/mol. The first-order valence-corrected chi connectivity index (χ1v) is 6.35. The minimum atomic E-state index is -2.76. The lowest BCUT2D eigenvalue weighted by Crippen LogP contribution is -2.45. The molecular weight excluding hydrogens is 220 g/mol. The number of piperidine rings is 1. The van der Waals surface area contributed by atoms with Crippen molar-refractivity contribution < 1.29 is 8.78 Å². The number of hydrogen-bond donors (Lipinski definition) is 1. The first-order valence-electron chi connectivity index (χ1n) is 6.35. The second-order valence-corrected chi connectivity index (χ2v) is 4.68. The minimum Gasteiger partial charge on any atom is -0.308 e. The maximum absolute atomic E-state index is 14.2. The standard InChI is InChI=1S/C14H19F2N/c1-2-11-6-8-12(9-7-11)14(15,16)13-5-3-4-10-17-13/h6-9,13,17H,2-5,10H2,1H3. The molecule has 0 bridgehead atoms. The molecule has 3 heteroatoms. The zero-order valence-corrected chi connectivity index (χ0v) is 10.2. The third-order valence-corrected chi connectivity index (χ3v) is 3.50. The van der Waals surface area contributed by atoms with Crippen molar-refractivity contribution in [3.05, 3.63) is 35.4 Å². The second-order valence-electron chi connectivity index (χ2n) is 4.68. The van der Waals surface area contributed by atoms with E-state index in [-0.39, 0.29) is 5.56 Å². The van der Waals surface area contributed by atoms with Gasteiger partial charge < -0.3 is 5.32 Å². The van der Waals surface area contributed by atoms with Crippen LogP contribution in [0.25, 0.3) is 0 Å². The summed E-state index contributed by atoms with van der Waals surface area (Å²) in [4.78, 5) is 0. The smallest absolute Gasteiger partial charge is 0.288 e. The van der Waals surface area contributed by atoms with Crippen LogP contribution in [0.4, 0.5) is 8.78 Å². The number of aryl methyl sites for hydroxylation is 1. The third kappa shape index (κ3) is 2.65. The highest BCUT2D eigenvalue weighted by molar-refractivity contribution is 5.27. The van der Waals surface area contributed by atoms with Crippen LogP contribution in [0.3, 0.4) is 0 Å². The Morgan fingerprint density at radius 1 is 1.24 bits per heavy atom. The van der Waals surface area contributed by atoms with Crippen LogP contribution >= 0.6 is 0 Å². The van der Waals surface area contributed by atoms with Crippen molar-refractivity contribution in [2.75, 3.05) is 6.54 Å². The van der Waals surface area contributed by atoms with Crippen LogP contribution in [0, 0.1) is 0 Å². The van der Waals surface area contributed by atoms with Gasteiger partial charge in [0.15, 0.2) is 0 Å². The summed E-state index contributed by atoms with van der Waals surface area (Å²) in [5, 5.41) is 2.94. The average Bonchev–Trinajstić information content (AvgIpc) is 2.40. The van der Waals surface area contributed by atoms with Crippen molar-refractivity contribution in [2.24, 2.45) is 0 Å². The maximum atomic E-state index is 14.2. The highest BCUT2D eigenvalue weighted by atomic mass is 19.3. The predicted octanol–water partition coefficient (Wildman–Crippen LogP) is 3.48. The van der Waals surface area contributed by atoms with Gasteiger partial charge in [0.05, 0.1) is 6.04 Å². The van der Waals surface area contributed by atoms with Crippen molar-refractivity contribution in [2.45, 2.75) is 44.6 Å². The molecule has 0 aromatic heterocycles. The van der Waals surface area contributed by atoms with Gasteiger partial charge in [-0.3, -0.25) is 0 Å². The molecule has 1 N–H and O–H groups in total. The van der Waals surface area contributed by atoms with E-state index in [1.807, 2.05) is 6.92 Å². The van der Waals surface area contributed by atoms with Crippen LogP contribution in [-0.2, 0) is 12.3 Å². The summed E-state index contributed by atoms with van der Waals surface area (Å²) in [5.41, 5.74) is 1.23. The molecule has 1 fully saturated rings. The largest absolute Gasteiger partial charge is 0.308 e. The first kappa shape index (κ1) is 12.5. The Balaban J connectivity index is 2.17. The Labute approximate surface area is 101 Å². The van der Waals surface area contributed by atoms with Gasteiger partial charge in [-0.2, -0.15) is 8.78 Å². The Kier molecular flexibility index (Phi) is 3.77. The lowest BCUT2D eigenvalue weighted by Gasteiger charge is -2.31. The average molecular weight is 239 g/mol. The van der Waals surface area contributed by atoms with Crippen LogP contribution in [-0.4, -0.2) is 12.6 Å². The summed E-state index contributed by atoms with van der Waals surface area (Å²) in [6.07, 6.45) is 3.33. The molecule has 0 aliphatic carbocycles. The zero-order chi connectivity index (χ0) is 12.3. The fourth-order valence-corrected chi connectivity index (χ4v) is 2.33. The first-order chi connectivity index (χ1) is 8.14. The number of halogens is 2. The van der Waals surface area contributed by atoms with Crippen molar-refractivity contribution >= 4 is 0 Å². The Hall–Kier alpha value is -0.960. The number of hydrogen-bond acceptors (Lipinski definition) is 1. The molecule has 1 heterocycles. The molecule has 1 aromatic rings. The molecule has 1 unspecified atom stereocenters. The van der Waals surface area contributed by atoms with Crippen LogP contribution < -0.4 is 5.32 Å². The zero-order valence-electron chi connectivity index (χ0n) is 10.2. The van der Waals surface area contributed by atoms with E-state index < -0.39 is 12.0 Å². The van der Waals surface area contributed by atoms with Crippen molar-refractivity contribution in [1.82, 2.24) is 5.32 Å². The summed E-state index contributed by atoms with van der Waals surface area (Å²) < 4.78 is 28.4. The summed E-state index contributed by atoms with van der Waals surface area (Å²) in [6, 6.07) is 6.02. The van der Waals surface area contributed by atoms with E-state index in [0.29, 0.717) is 13.0 Å². The van der Waals surface area contributed by atoms with Gasteiger partial charge in [0.25, 0.3) is 5.92 Å². The van der Waals surface area contributed by atoms with Gasteiger partial charge in [0.2, 0.25) is 0 Å². The number of nitrogens with one attached hydrogen (secondary N) is 1. The normalized spacial score (nSPS) is 21.5. The molecule has 17 heavy (non-hydrogen) atoms. The summed E-state index contributed by atoms with van der Waals surface area (Å²) >= 11 is 0. The lowest BCUT2D eigenvalue weighted by atomic mass is 9.93. The SMILES string of the molecule is CCc1ccc(C(F)(F)C2CCCCN2)cc1. The van der Waals surface area contributed by atoms with Crippen LogP contribution in [0.5, 0.6) is 0 Å². The van der Waals surface area contributed by atoms with Crippen LogP contribution in [0.15, 0.2) is 24.3 Å². The highest BCUT2D eigenvalue weighted by Gasteiger charge is 2.41. The van der Waals surface area contributed by atoms with Crippen LogP contribution in [0.1, 0.15) is 37.3 Å². The van der Waals surface area contributed by atoms with Gasteiger partial charge in [-0.15, -0.1) is 0 Å². The van der Waals surface area contributed by atoms with Gasteiger partial charge >= 0.3 is 0 Å². The Morgan fingerprint density at radius 2 is 1.94 bits per heavy atom.